The standard InChI is InChI=1S/C31H27N4O.Pt/c1-31(2,3)22-16-17-32-29(19-22)35-26-10-6-5-9-24(26)34(4)25-15-13-21(18-27(25)35)23-14-12-20-8-7-11-28(36)30(20)33-23;/h5-17,19,36H,1-4H3;/q-1;. The van der Waals surface area contributed by atoms with Crippen molar-refractivity contribution in [1.82, 2.24) is 9.97 Å². The molecule has 1 N–H and O–H groups in total. The molecule has 6 rings (SSSR count). The summed E-state index contributed by atoms with van der Waals surface area (Å²) in [5.74, 6) is 1.02. The third kappa shape index (κ3) is 4.28. The number of anilines is 5. The molecule has 188 valence electrons. The van der Waals surface area contributed by atoms with Crippen molar-refractivity contribution in [2.75, 3.05) is 16.8 Å². The molecule has 0 spiro atoms. The number of hydrogen-bond donors (Lipinski definition) is 1. The molecule has 0 amide bonds. The minimum atomic E-state index is -0.00477. The molecule has 0 unspecified atom stereocenters. The number of rotatable bonds is 2. The summed E-state index contributed by atoms with van der Waals surface area (Å²) in [7, 11) is 2.08. The van der Waals surface area contributed by atoms with Crippen LogP contribution < -0.4 is 9.80 Å². The smallest absolute Gasteiger partial charge is 0.140 e. The van der Waals surface area contributed by atoms with Crippen LogP contribution in [-0.4, -0.2) is 22.1 Å². The molecule has 0 saturated heterocycles. The summed E-state index contributed by atoms with van der Waals surface area (Å²) in [6.45, 7) is 6.63. The Hall–Kier alpha value is -3.69. The summed E-state index contributed by atoms with van der Waals surface area (Å²) in [6.07, 6.45) is 1.88. The van der Waals surface area contributed by atoms with Gasteiger partial charge in [-0.2, -0.15) is 0 Å². The Morgan fingerprint density at radius 1 is 0.838 bits per heavy atom. The summed E-state index contributed by atoms with van der Waals surface area (Å²) in [5.41, 5.74) is 7.48. The second-order valence-electron chi connectivity index (χ2n) is 10.2. The van der Waals surface area contributed by atoms with Crippen LogP contribution in [0.4, 0.5) is 28.6 Å². The molecule has 2 aromatic heterocycles. The van der Waals surface area contributed by atoms with E-state index in [0.29, 0.717) is 5.52 Å². The molecule has 5 nitrogen and oxygen atoms in total. The van der Waals surface area contributed by atoms with Gasteiger partial charge in [0.15, 0.2) is 0 Å². The number of hydrogen-bond acceptors (Lipinski definition) is 5. The zero-order chi connectivity index (χ0) is 25.0. The van der Waals surface area contributed by atoms with Gasteiger partial charge in [0.05, 0.1) is 11.4 Å². The molecule has 0 radical (unpaired) electrons. The molecule has 5 aromatic rings. The molecule has 0 aliphatic carbocycles. The topological polar surface area (TPSA) is 52.5 Å². The van der Waals surface area contributed by atoms with Crippen molar-refractivity contribution in [3.8, 4) is 17.0 Å². The Morgan fingerprint density at radius 3 is 2.41 bits per heavy atom. The van der Waals surface area contributed by atoms with E-state index >= 15 is 0 Å². The van der Waals surface area contributed by atoms with Gasteiger partial charge in [0.25, 0.3) is 0 Å². The van der Waals surface area contributed by atoms with Crippen LogP contribution in [0.25, 0.3) is 22.2 Å². The number of fused-ring (bicyclic) bond motifs is 3. The fourth-order valence-corrected chi connectivity index (χ4v) is 4.78. The summed E-state index contributed by atoms with van der Waals surface area (Å²) >= 11 is 0. The predicted molar refractivity (Wildman–Crippen MR) is 147 cm³/mol. The number of benzene rings is 3. The number of phenolic OH excluding ortho intramolecular Hbond substituents is 1. The number of aromatic nitrogens is 2. The fourth-order valence-electron chi connectivity index (χ4n) is 4.78. The number of para-hydroxylation sites is 3. The van der Waals surface area contributed by atoms with Crippen LogP contribution in [0, 0.1) is 6.07 Å². The van der Waals surface area contributed by atoms with E-state index in [1.807, 2.05) is 36.5 Å². The zero-order valence-corrected chi connectivity index (χ0v) is 23.4. The van der Waals surface area contributed by atoms with Crippen LogP contribution in [0.2, 0.25) is 0 Å². The Kier molecular flexibility index (Phi) is 6.29. The van der Waals surface area contributed by atoms with Crippen LogP contribution in [-0.2, 0) is 26.5 Å². The summed E-state index contributed by atoms with van der Waals surface area (Å²) in [6, 6.07) is 29.8. The molecule has 0 atom stereocenters. The van der Waals surface area contributed by atoms with E-state index in [0.717, 1.165) is 45.2 Å². The predicted octanol–water partition coefficient (Wildman–Crippen LogP) is 7.65. The molecule has 1 aliphatic rings. The first-order valence-electron chi connectivity index (χ1n) is 12.1. The maximum Gasteiger partial charge on any atom is 0.140 e. The minimum absolute atomic E-state index is 0. The SMILES string of the molecule is CN1c2ccc(-c3ccc4cccc(O)c4n3)[c-]c2N(c2cc(C(C)(C)C)ccn2)c2ccccc21.[Pt]. The molecule has 0 bridgehead atoms. The molecule has 3 heterocycles. The Morgan fingerprint density at radius 2 is 1.62 bits per heavy atom. The molecular weight excluding hydrogens is 639 g/mol. The Balaban J connectivity index is 0.00000280. The van der Waals surface area contributed by atoms with Gasteiger partial charge in [-0.15, -0.1) is 23.8 Å². The quantitative estimate of drug-likeness (QED) is 0.196. The van der Waals surface area contributed by atoms with Gasteiger partial charge in [-0.1, -0.05) is 57.2 Å². The van der Waals surface area contributed by atoms with Gasteiger partial charge >= 0.3 is 0 Å². The minimum Gasteiger partial charge on any atom is -0.506 e. The van der Waals surface area contributed by atoms with Crippen LogP contribution in [0.5, 0.6) is 5.75 Å². The number of aromatic hydroxyl groups is 1. The van der Waals surface area contributed by atoms with Crippen molar-refractivity contribution in [3.63, 3.8) is 0 Å². The van der Waals surface area contributed by atoms with Crippen molar-refractivity contribution in [2.24, 2.45) is 0 Å². The van der Waals surface area contributed by atoms with Crippen LogP contribution >= 0.6 is 0 Å². The van der Waals surface area contributed by atoms with Crippen molar-refractivity contribution in [1.29, 1.82) is 0 Å². The molecule has 1 aliphatic heterocycles. The van der Waals surface area contributed by atoms with Gasteiger partial charge < -0.3 is 14.9 Å². The maximum absolute atomic E-state index is 10.4. The molecule has 0 fully saturated rings. The van der Waals surface area contributed by atoms with E-state index in [1.54, 1.807) is 6.07 Å². The third-order valence-electron chi connectivity index (χ3n) is 6.79. The van der Waals surface area contributed by atoms with Gasteiger partial charge in [-0.05, 0) is 58.4 Å². The second kappa shape index (κ2) is 9.31. The van der Waals surface area contributed by atoms with E-state index in [1.165, 1.54) is 5.56 Å². The van der Waals surface area contributed by atoms with Crippen LogP contribution in [0.1, 0.15) is 26.3 Å². The monoisotopic (exact) mass is 666 g/mol. The normalized spacial score (nSPS) is 12.6. The van der Waals surface area contributed by atoms with Gasteiger partial charge in [0.2, 0.25) is 0 Å². The maximum atomic E-state index is 10.4. The van der Waals surface area contributed by atoms with Crippen molar-refractivity contribution >= 4 is 39.5 Å². The average Bonchev–Trinajstić information content (AvgIpc) is 2.88. The number of nitrogens with zero attached hydrogens (tertiary/aromatic N) is 4. The van der Waals surface area contributed by atoms with E-state index in [4.69, 9.17) is 9.97 Å². The van der Waals surface area contributed by atoms with Crippen molar-refractivity contribution in [2.45, 2.75) is 26.2 Å². The Bertz CT molecular complexity index is 1630. The van der Waals surface area contributed by atoms with E-state index in [-0.39, 0.29) is 32.2 Å². The number of phenols is 1. The van der Waals surface area contributed by atoms with Crippen molar-refractivity contribution in [3.05, 3.63) is 96.7 Å². The van der Waals surface area contributed by atoms with E-state index < -0.39 is 0 Å². The van der Waals surface area contributed by atoms with Crippen LogP contribution in [0.15, 0.2) is 85.1 Å². The summed E-state index contributed by atoms with van der Waals surface area (Å²) in [4.78, 5) is 13.9. The molecule has 0 saturated carbocycles. The van der Waals surface area contributed by atoms with E-state index in [2.05, 4.69) is 86.1 Å². The van der Waals surface area contributed by atoms with Crippen molar-refractivity contribution < 1.29 is 26.2 Å². The summed E-state index contributed by atoms with van der Waals surface area (Å²) < 4.78 is 0. The molecule has 3 aromatic carbocycles. The first-order chi connectivity index (χ1) is 17.3. The number of pyridine rings is 2. The first-order valence-corrected chi connectivity index (χ1v) is 12.1. The van der Waals surface area contributed by atoms with E-state index in [9.17, 15) is 5.11 Å². The summed E-state index contributed by atoms with van der Waals surface area (Å²) in [5, 5.41) is 11.3. The molecule has 6 heteroatoms. The zero-order valence-electron chi connectivity index (χ0n) is 21.1. The van der Waals surface area contributed by atoms with Crippen LogP contribution in [0.3, 0.4) is 0 Å². The fraction of sp³-hybridized carbons (Fsp3) is 0.161. The third-order valence-corrected chi connectivity index (χ3v) is 6.79. The van der Waals surface area contributed by atoms with Gasteiger partial charge in [-0.3, -0.25) is 4.98 Å². The van der Waals surface area contributed by atoms with Gasteiger partial charge in [0, 0.05) is 39.7 Å². The van der Waals surface area contributed by atoms with Gasteiger partial charge in [-0.25, -0.2) is 4.98 Å². The molecular formula is C31H27N4OPt-. The Labute approximate surface area is 231 Å². The van der Waals surface area contributed by atoms with Gasteiger partial charge in [0.1, 0.15) is 17.1 Å². The first kappa shape index (κ1) is 25.0. The molecule has 37 heavy (non-hydrogen) atoms. The largest absolute Gasteiger partial charge is 0.506 e. The second-order valence-corrected chi connectivity index (χ2v) is 10.2. The average molecular weight is 667 g/mol.